The molecule has 1 aromatic heterocycles. The van der Waals surface area contributed by atoms with Crippen molar-refractivity contribution in [2.75, 3.05) is 0 Å². The predicted octanol–water partition coefficient (Wildman–Crippen LogP) is 7.96. The fourth-order valence-electron chi connectivity index (χ4n) is 5.41. The Labute approximate surface area is 230 Å². The highest BCUT2D eigenvalue weighted by Crippen LogP contribution is 2.45. The van der Waals surface area contributed by atoms with Gasteiger partial charge in [-0.1, -0.05) is 42.5 Å². The lowest BCUT2D eigenvalue weighted by molar-refractivity contribution is -0.299. The number of nitrogens with zero attached hydrogens (tertiary/aromatic N) is 1. The molecule has 1 aliphatic carbocycles. The predicted molar refractivity (Wildman–Crippen MR) is 152 cm³/mol. The minimum absolute atomic E-state index is 0.107. The second kappa shape index (κ2) is 10.8. The highest BCUT2D eigenvalue weighted by molar-refractivity contribution is 5.99. The van der Waals surface area contributed by atoms with E-state index in [4.69, 9.17) is 19.2 Å². The Kier molecular flexibility index (Phi) is 7.62. The first-order valence-corrected chi connectivity index (χ1v) is 13.9. The summed E-state index contributed by atoms with van der Waals surface area (Å²) >= 11 is 0. The normalized spacial score (nSPS) is 21.4. The molecule has 1 saturated heterocycles. The maximum absolute atomic E-state index is 13.8. The number of para-hydroxylation sites is 1. The maximum Gasteiger partial charge on any atom is 0.308 e. The number of carbonyl (C=O) groups excluding carboxylic acids is 1. The van der Waals surface area contributed by atoms with Gasteiger partial charge in [-0.2, -0.15) is 0 Å². The number of benzene rings is 2. The van der Waals surface area contributed by atoms with Crippen LogP contribution in [-0.2, 0) is 19.0 Å². The van der Waals surface area contributed by atoms with Gasteiger partial charge >= 0.3 is 5.97 Å². The van der Waals surface area contributed by atoms with Crippen LogP contribution >= 0.6 is 0 Å². The summed E-state index contributed by atoms with van der Waals surface area (Å²) in [6, 6.07) is 14.9. The fourth-order valence-corrected chi connectivity index (χ4v) is 5.41. The van der Waals surface area contributed by atoms with Gasteiger partial charge in [-0.3, -0.25) is 9.78 Å². The summed E-state index contributed by atoms with van der Waals surface area (Å²) in [5, 5.41) is 1.05. The van der Waals surface area contributed by atoms with Crippen LogP contribution in [0.15, 0.2) is 54.6 Å². The molecule has 6 heteroatoms. The minimum atomic E-state index is -0.799. The maximum atomic E-state index is 13.8. The molecule has 5 nitrogen and oxygen atoms in total. The van der Waals surface area contributed by atoms with Crippen molar-refractivity contribution in [3.05, 3.63) is 71.7 Å². The van der Waals surface area contributed by atoms with Gasteiger partial charge in [0.05, 0.1) is 29.8 Å². The molecule has 2 aromatic carbocycles. The number of ether oxygens (including phenoxy) is 3. The number of hydrogen-bond acceptors (Lipinski definition) is 5. The fraction of sp³-hybridized carbons (Fsp3) is 0.455. The Morgan fingerprint density at radius 2 is 1.77 bits per heavy atom. The van der Waals surface area contributed by atoms with Gasteiger partial charge in [0.2, 0.25) is 0 Å². The monoisotopic (exact) mass is 531 g/mol. The Hall–Kier alpha value is -3.09. The van der Waals surface area contributed by atoms with Crippen LogP contribution in [0.1, 0.15) is 83.9 Å². The second-order valence-electron chi connectivity index (χ2n) is 12.1. The third kappa shape index (κ3) is 6.92. The molecule has 206 valence electrons. The van der Waals surface area contributed by atoms with E-state index in [0.717, 1.165) is 46.1 Å². The van der Waals surface area contributed by atoms with Crippen LogP contribution in [0.5, 0.6) is 0 Å². The van der Waals surface area contributed by atoms with Gasteiger partial charge in [-0.25, -0.2) is 4.39 Å². The highest BCUT2D eigenvalue weighted by Gasteiger charge is 2.37. The number of halogens is 1. The number of rotatable bonds is 7. The zero-order valence-corrected chi connectivity index (χ0v) is 23.5. The lowest BCUT2D eigenvalue weighted by Gasteiger charge is -2.40. The summed E-state index contributed by atoms with van der Waals surface area (Å²) in [6.45, 7) is 9.37. The van der Waals surface area contributed by atoms with E-state index in [9.17, 15) is 9.18 Å². The van der Waals surface area contributed by atoms with Crippen LogP contribution in [0.4, 0.5) is 4.39 Å². The SMILES string of the molecule is CC(C)(C)OC(=O)C[C@H]1C[C@@H](C/C=C\c2c(C3CC3)nc3ccccc3c2-c2ccc(F)cc2)OC(C)(C)O1. The lowest BCUT2D eigenvalue weighted by atomic mass is 9.92. The van der Waals surface area contributed by atoms with E-state index in [1.165, 1.54) is 12.1 Å². The van der Waals surface area contributed by atoms with Crippen LogP contribution < -0.4 is 0 Å². The lowest BCUT2D eigenvalue weighted by Crippen LogP contribution is -2.45. The molecule has 2 aliphatic rings. The molecule has 2 atom stereocenters. The summed E-state index contributed by atoms with van der Waals surface area (Å²) < 4.78 is 31.6. The molecule has 1 saturated carbocycles. The third-order valence-corrected chi connectivity index (χ3v) is 6.98. The first kappa shape index (κ1) is 27.5. The molecule has 0 amide bonds. The molecule has 1 aliphatic heterocycles. The zero-order chi connectivity index (χ0) is 27.8. The van der Waals surface area contributed by atoms with Crippen molar-refractivity contribution in [3.63, 3.8) is 0 Å². The molecule has 2 fully saturated rings. The summed E-state index contributed by atoms with van der Waals surface area (Å²) in [7, 11) is 0. The van der Waals surface area contributed by atoms with Gasteiger partial charge in [0, 0.05) is 28.9 Å². The summed E-state index contributed by atoms with van der Waals surface area (Å²) in [5.74, 6) is -0.881. The molecule has 0 unspecified atom stereocenters. The largest absolute Gasteiger partial charge is 0.460 e. The van der Waals surface area contributed by atoms with Gasteiger partial charge in [0.25, 0.3) is 0 Å². The Morgan fingerprint density at radius 1 is 1.08 bits per heavy atom. The summed E-state index contributed by atoms with van der Waals surface area (Å²) in [5.41, 5.74) is 4.65. The summed E-state index contributed by atoms with van der Waals surface area (Å²) in [6.07, 6.45) is 7.62. The van der Waals surface area contributed by atoms with E-state index in [1.807, 2.05) is 65.0 Å². The zero-order valence-electron chi connectivity index (χ0n) is 23.5. The Morgan fingerprint density at radius 3 is 2.46 bits per heavy atom. The van der Waals surface area contributed by atoms with Crippen LogP contribution in [0.2, 0.25) is 0 Å². The molecular weight excluding hydrogens is 493 g/mol. The smallest absolute Gasteiger partial charge is 0.308 e. The quantitative estimate of drug-likeness (QED) is 0.290. The molecule has 2 heterocycles. The van der Waals surface area contributed by atoms with E-state index < -0.39 is 11.4 Å². The summed E-state index contributed by atoms with van der Waals surface area (Å²) in [4.78, 5) is 17.5. The number of esters is 1. The van der Waals surface area contributed by atoms with Gasteiger partial charge in [0.1, 0.15) is 11.4 Å². The minimum Gasteiger partial charge on any atom is -0.460 e. The van der Waals surface area contributed by atoms with Crippen molar-refractivity contribution in [1.29, 1.82) is 0 Å². The van der Waals surface area contributed by atoms with Crippen LogP contribution in [0.3, 0.4) is 0 Å². The van der Waals surface area contributed by atoms with Crippen molar-refractivity contribution < 1.29 is 23.4 Å². The molecule has 0 spiro atoms. The average Bonchev–Trinajstić information content (AvgIpc) is 3.67. The topological polar surface area (TPSA) is 57.7 Å². The molecule has 0 bridgehead atoms. The molecule has 0 N–H and O–H groups in total. The van der Waals surface area contributed by atoms with Crippen molar-refractivity contribution in [3.8, 4) is 11.1 Å². The van der Waals surface area contributed by atoms with Crippen molar-refractivity contribution in [1.82, 2.24) is 4.98 Å². The molecule has 0 radical (unpaired) electrons. The standard InChI is InChI=1S/C33H38FNO4/c1-32(2,3)39-29(36)20-25-19-24(37-33(4,5)38-25)9-8-11-27-30(21-15-17-23(34)18-16-21)26-10-6-7-12-28(26)35-31(27)22-13-14-22/h6-8,10-12,15-18,22,24-25H,9,13-14,19-20H2,1-5H3/b11-8-/t24-,25-/m1/s1. The van der Waals surface area contributed by atoms with Gasteiger partial charge < -0.3 is 14.2 Å². The van der Waals surface area contributed by atoms with Crippen LogP contribution in [0.25, 0.3) is 28.1 Å². The molecule has 5 rings (SSSR count). The Balaban J connectivity index is 1.42. The molecular formula is C33H38FNO4. The first-order chi connectivity index (χ1) is 18.5. The van der Waals surface area contributed by atoms with E-state index >= 15 is 0 Å². The van der Waals surface area contributed by atoms with Crippen molar-refractivity contribution >= 4 is 22.9 Å². The number of pyridine rings is 1. The van der Waals surface area contributed by atoms with Gasteiger partial charge in [0.15, 0.2) is 5.79 Å². The second-order valence-corrected chi connectivity index (χ2v) is 12.1. The number of hydrogen-bond donors (Lipinski definition) is 0. The van der Waals surface area contributed by atoms with Crippen LogP contribution in [-0.4, -0.2) is 34.5 Å². The van der Waals surface area contributed by atoms with Gasteiger partial charge in [-0.15, -0.1) is 0 Å². The van der Waals surface area contributed by atoms with E-state index in [1.54, 1.807) is 0 Å². The van der Waals surface area contributed by atoms with E-state index in [-0.39, 0.29) is 30.4 Å². The number of fused-ring (bicyclic) bond motifs is 1. The molecule has 39 heavy (non-hydrogen) atoms. The Bertz CT molecular complexity index is 1370. The average molecular weight is 532 g/mol. The first-order valence-electron chi connectivity index (χ1n) is 13.9. The van der Waals surface area contributed by atoms with Crippen molar-refractivity contribution in [2.45, 2.75) is 96.2 Å². The van der Waals surface area contributed by atoms with Crippen LogP contribution in [0, 0.1) is 5.82 Å². The third-order valence-electron chi connectivity index (χ3n) is 6.98. The van der Waals surface area contributed by atoms with Gasteiger partial charge in [-0.05, 0) is 77.6 Å². The molecule has 3 aromatic rings. The van der Waals surface area contributed by atoms with E-state index in [2.05, 4.69) is 18.2 Å². The number of aromatic nitrogens is 1. The van der Waals surface area contributed by atoms with Crippen molar-refractivity contribution in [2.24, 2.45) is 0 Å². The number of carbonyl (C=O) groups is 1. The highest BCUT2D eigenvalue weighted by atomic mass is 19.1. The van der Waals surface area contributed by atoms with E-state index in [0.29, 0.717) is 18.8 Å².